The Morgan fingerprint density at radius 2 is 2.33 bits per heavy atom. The van der Waals surface area contributed by atoms with Gasteiger partial charge >= 0.3 is 0 Å². The van der Waals surface area contributed by atoms with Crippen LogP contribution in [0.25, 0.3) is 0 Å². The first-order chi connectivity index (χ1) is 7.16. The molecule has 0 heterocycles. The van der Waals surface area contributed by atoms with Crippen LogP contribution in [0.4, 0.5) is 0 Å². The molecular formula is C13H17NO. The number of rotatable bonds is 2. The summed E-state index contributed by atoms with van der Waals surface area (Å²) < 4.78 is 0. The first-order valence-corrected chi connectivity index (χ1v) is 5.50. The van der Waals surface area contributed by atoms with E-state index in [9.17, 15) is 4.79 Å². The minimum absolute atomic E-state index is 0.0653. The fourth-order valence-electron chi connectivity index (χ4n) is 2.31. The third-order valence-corrected chi connectivity index (χ3v) is 3.10. The molecule has 0 bridgehead atoms. The van der Waals surface area contributed by atoms with Gasteiger partial charge in [0.25, 0.3) is 0 Å². The van der Waals surface area contributed by atoms with E-state index in [2.05, 4.69) is 30.4 Å². The molecule has 80 valence electrons. The molecule has 0 saturated carbocycles. The van der Waals surface area contributed by atoms with Gasteiger partial charge in [0.2, 0.25) is 5.91 Å². The highest BCUT2D eigenvalue weighted by molar-refractivity contribution is 5.72. The number of carbonyl (C=O) groups excluding carboxylic acids is 1. The molecular weight excluding hydrogens is 186 g/mol. The molecule has 1 aromatic carbocycles. The van der Waals surface area contributed by atoms with Crippen molar-refractivity contribution in [1.82, 2.24) is 5.32 Å². The fourth-order valence-corrected chi connectivity index (χ4v) is 2.31. The predicted octanol–water partition coefficient (Wildman–Crippen LogP) is 2.16. The van der Waals surface area contributed by atoms with Crippen LogP contribution in [-0.4, -0.2) is 12.5 Å². The van der Waals surface area contributed by atoms with Crippen LogP contribution >= 0.6 is 0 Å². The zero-order valence-corrected chi connectivity index (χ0v) is 9.34. The number of hydrogen-bond acceptors (Lipinski definition) is 1. The first-order valence-electron chi connectivity index (χ1n) is 5.50. The van der Waals surface area contributed by atoms with Crippen molar-refractivity contribution in [3.05, 3.63) is 34.9 Å². The maximum atomic E-state index is 10.9. The summed E-state index contributed by atoms with van der Waals surface area (Å²) in [4.78, 5) is 10.9. The van der Waals surface area contributed by atoms with Crippen LogP contribution in [0, 0.1) is 6.92 Å². The Morgan fingerprint density at radius 3 is 3.07 bits per heavy atom. The van der Waals surface area contributed by atoms with Crippen molar-refractivity contribution in [2.24, 2.45) is 0 Å². The van der Waals surface area contributed by atoms with Gasteiger partial charge in [-0.05, 0) is 30.9 Å². The molecule has 1 aliphatic rings. The van der Waals surface area contributed by atoms with Gasteiger partial charge in [-0.25, -0.2) is 0 Å². The van der Waals surface area contributed by atoms with Crippen LogP contribution in [-0.2, 0) is 11.2 Å². The van der Waals surface area contributed by atoms with E-state index in [0.29, 0.717) is 5.92 Å². The molecule has 1 atom stereocenters. The molecule has 0 radical (unpaired) electrons. The summed E-state index contributed by atoms with van der Waals surface area (Å²) >= 11 is 0. The van der Waals surface area contributed by atoms with Crippen molar-refractivity contribution >= 4 is 5.91 Å². The number of hydrogen-bond donors (Lipinski definition) is 1. The Morgan fingerprint density at radius 1 is 1.53 bits per heavy atom. The van der Waals surface area contributed by atoms with Gasteiger partial charge in [-0.15, -0.1) is 0 Å². The standard InChI is InChI=1S/C13H17NO/c1-9-3-6-13-11(7-9)4-5-12(13)8-14-10(2)15/h3,6-7,12H,4-5,8H2,1-2H3,(H,14,15). The number of benzene rings is 1. The third kappa shape index (κ3) is 2.20. The minimum atomic E-state index is 0.0653. The van der Waals surface area contributed by atoms with Crippen LogP contribution in [0.1, 0.15) is 36.0 Å². The average molecular weight is 203 g/mol. The number of carbonyl (C=O) groups is 1. The molecule has 1 N–H and O–H groups in total. The SMILES string of the molecule is CC(=O)NCC1CCc2cc(C)ccc21. The van der Waals surface area contributed by atoms with Crippen molar-refractivity contribution in [3.63, 3.8) is 0 Å². The second-order valence-corrected chi connectivity index (χ2v) is 4.37. The van der Waals surface area contributed by atoms with Crippen molar-refractivity contribution in [1.29, 1.82) is 0 Å². The van der Waals surface area contributed by atoms with E-state index >= 15 is 0 Å². The maximum Gasteiger partial charge on any atom is 0.216 e. The van der Waals surface area contributed by atoms with Crippen LogP contribution < -0.4 is 5.32 Å². The highest BCUT2D eigenvalue weighted by Crippen LogP contribution is 2.32. The Bertz CT molecular complexity index is 384. The van der Waals surface area contributed by atoms with Crippen LogP contribution in [0.2, 0.25) is 0 Å². The monoisotopic (exact) mass is 203 g/mol. The lowest BCUT2D eigenvalue weighted by molar-refractivity contribution is -0.119. The van der Waals surface area contributed by atoms with E-state index in [-0.39, 0.29) is 5.91 Å². The van der Waals surface area contributed by atoms with Crippen molar-refractivity contribution in [3.8, 4) is 0 Å². The number of amides is 1. The molecule has 1 aromatic rings. The Balaban J connectivity index is 2.11. The van der Waals surface area contributed by atoms with Crippen molar-refractivity contribution < 1.29 is 4.79 Å². The van der Waals surface area contributed by atoms with Crippen LogP contribution in [0.5, 0.6) is 0 Å². The second-order valence-electron chi connectivity index (χ2n) is 4.37. The highest BCUT2D eigenvalue weighted by atomic mass is 16.1. The van der Waals surface area contributed by atoms with Crippen molar-refractivity contribution in [2.75, 3.05) is 6.54 Å². The highest BCUT2D eigenvalue weighted by Gasteiger charge is 2.21. The normalized spacial score (nSPS) is 18.7. The van der Waals surface area contributed by atoms with Gasteiger partial charge < -0.3 is 5.32 Å². The summed E-state index contributed by atoms with van der Waals surface area (Å²) in [6.45, 7) is 4.48. The summed E-state index contributed by atoms with van der Waals surface area (Å²) in [6, 6.07) is 6.64. The molecule has 1 unspecified atom stereocenters. The predicted molar refractivity (Wildman–Crippen MR) is 60.9 cm³/mol. The smallest absolute Gasteiger partial charge is 0.216 e. The molecule has 2 nitrogen and oxygen atoms in total. The molecule has 15 heavy (non-hydrogen) atoms. The van der Waals surface area contributed by atoms with Crippen LogP contribution in [0.3, 0.4) is 0 Å². The van der Waals surface area contributed by atoms with Gasteiger partial charge in [0, 0.05) is 19.4 Å². The number of aryl methyl sites for hydroxylation is 2. The van der Waals surface area contributed by atoms with Gasteiger partial charge in [0.1, 0.15) is 0 Å². The lowest BCUT2D eigenvalue weighted by atomic mass is 10.00. The average Bonchev–Trinajstić information content (AvgIpc) is 2.57. The van der Waals surface area contributed by atoms with E-state index in [0.717, 1.165) is 13.0 Å². The van der Waals surface area contributed by atoms with E-state index in [4.69, 9.17) is 0 Å². The number of nitrogens with one attached hydrogen (secondary N) is 1. The van der Waals surface area contributed by atoms with Crippen LogP contribution in [0.15, 0.2) is 18.2 Å². The third-order valence-electron chi connectivity index (χ3n) is 3.10. The molecule has 0 spiro atoms. The minimum Gasteiger partial charge on any atom is -0.356 e. The zero-order chi connectivity index (χ0) is 10.8. The molecule has 0 aromatic heterocycles. The summed E-state index contributed by atoms with van der Waals surface area (Å²) in [5.41, 5.74) is 4.22. The summed E-state index contributed by atoms with van der Waals surface area (Å²) in [5.74, 6) is 0.583. The fraction of sp³-hybridized carbons (Fsp3) is 0.462. The molecule has 1 amide bonds. The maximum absolute atomic E-state index is 10.9. The number of fused-ring (bicyclic) bond motifs is 1. The van der Waals surface area contributed by atoms with E-state index < -0.39 is 0 Å². The zero-order valence-electron chi connectivity index (χ0n) is 9.34. The van der Waals surface area contributed by atoms with E-state index in [1.807, 2.05) is 0 Å². The summed E-state index contributed by atoms with van der Waals surface area (Å²) in [6.07, 6.45) is 2.32. The van der Waals surface area contributed by atoms with E-state index in [1.165, 1.54) is 23.1 Å². The van der Waals surface area contributed by atoms with E-state index in [1.54, 1.807) is 6.92 Å². The lowest BCUT2D eigenvalue weighted by Crippen LogP contribution is -2.24. The first kappa shape index (κ1) is 10.2. The molecule has 1 aliphatic carbocycles. The second kappa shape index (κ2) is 4.05. The Labute approximate surface area is 90.7 Å². The summed E-state index contributed by atoms with van der Waals surface area (Å²) in [7, 11) is 0. The topological polar surface area (TPSA) is 29.1 Å². The largest absolute Gasteiger partial charge is 0.356 e. The van der Waals surface area contributed by atoms with Gasteiger partial charge in [0.05, 0.1) is 0 Å². The summed E-state index contributed by atoms with van der Waals surface area (Å²) in [5, 5.41) is 2.90. The van der Waals surface area contributed by atoms with Gasteiger partial charge in [-0.3, -0.25) is 4.79 Å². The quantitative estimate of drug-likeness (QED) is 0.784. The van der Waals surface area contributed by atoms with Crippen molar-refractivity contribution in [2.45, 2.75) is 32.6 Å². The van der Waals surface area contributed by atoms with Gasteiger partial charge in [-0.2, -0.15) is 0 Å². The Hall–Kier alpha value is -1.31. The van der Waals surface area contributed by atoms with Gasteiger partial charge in [-0.1, -0.05) is 23.8 Å². The molecule has 2 rings (SSSR count). The lowest BCUT2D eigenvalue weighted by Gasteiger charge is -2.11. The molecule has 0 saturated heterocycles. The van der Waals surface area contributed by atoms with Gasteiger partial charge in [0.15, 0.2) is 0 Å². The molecule has 0 fully saturated rings. The molecule has 2 heteroatoms. The Kier molecular flexibility index (Phi) is 2.76. The molecule has 0 aliphatic heterocycles.